The van der Waals surface area contributed by atoms with Crippen molar-refractivity contribution in [3.63, 3.8) is 0 Å². The van der Waals surface area contributed by atoms with E-state index in [9.17, 15) is 0 Å². The number of para-hydroxylation sites is 1. The summed E-state index contributed by atoms with van der Waals surface area (Å²) >= 11 is 8.96. The van der Waals surface area contributed by atoms with Crippen LogP contribution >= 0.6 is 28.1 Å². The molecule has 0 saturated carbocycles. The summed E-state index contributed by atoms with van der Waals surface area (Å²) in [5.41, 5.74) is 0.772. The van der Waals surface area contributed by atoms with Crippen molar-refractivity contribution in [1.82, 2.24) is 10.2 Å². The van der Waals surface area contributed by atoms with Gasteiger partial charge in [-0.2, -0.15) is 0 Å². The van der Waals surface area contributed by atoms with Crippen LogP contribution in [0.25, 0.3) is 0 Å². The van der Waals surface area contributed by atoms with Crippen molar-refractivity contribution in [2.24, 2.45) is 5.92 Å². The third-order valence-electron chi connectivity index (χ3n) is 4.24. The Hall–Kier alpha value is -0.810. The Morgan fingerprint density at radius 3 is 2.94 bits per heavy atom. The summed E-state index contributed by atoms with van der Waals surface area (Å²) in [7, 11) is 1.98. The van der Waals surface area contributed by atoms with Gasteiger partial charge in [0.05, 0.1) is 10.5 Å². The lowest BCUT2D eigenvalue weighted by Gasteiger charge is -2.55. The van der Waals surface area contributed by atoms with Crippen molar-refractivity contribution in [2.45, 2.75) is 25.6 Å². The van der Waals surface area contributed by atoms with Gasteiger partial charge >= 0.3 is 0 Å². The summed E-state index contributed by atoms with van der Waals surface area (Å²) in [6, 6.07) is 6.35. The van der Waals surface area contributed by atoms with E-state index in [4.69, 9.17) is 17.0 Å². The van der Waals surface area contributed by atoms with Gasteiger partial charge in [-0.3, -0.25) is 0 Å². The van der Waals surface area contributed by atoms with Gasteiger partial charge in [0.2, 0.25) is 0 Å². The van der Waals surface area contributed by atoms with E-state index in [1.165, 1.54) is 5.56 Å². The summed E-state index contributed by atoms with van der Waals surface area (Å²) in [5, 5.41) is 4.15. The maximum atomic E-state index is 6.27. The van der Waals surface area contributed by atoms with Crippen molar-refractivity contribution in [2.75, 3.05) is 7.05 Å². The molecule has 3 atom stereocenters. The Bertz CT molecular complexity index is 536. The van der Waals surface area contributed by atoms with Crippen LogP contribution in [0, 0.1) is 5.92 Å². The Morgan fingerprint density at radius 1 is 1.50 bits per heavy atom. The van der Waals surface area contributed by atoms with Gasteiger partial charge in [-0.25, -0.2) is 0 Å². The van der Waals surface area contributed by atoms with Crippen molar-refractivity contribution >= 4 is 33.3 Å². The molecule has 2 bridgehead atoms. The predicted octanol–water partition coefficient (Wildman–Crippen LogP) is 3.05. The Kier molecular flexibility index (Phi) is 2.61. The van der Waals surface area contributed by atoms with Gasteiger partial charge in [0.15, 0.2) is 10.8 Å². The number of ether oxygens (including phenoxy) is 1. The smallest absolute Gasteiger partial charge is 0.186 e. The van der Waals surface area contributed by atoms with Crippen LogP contribution in [0.3, 0.4) is 0 Å². The third-order valence-corrected chi connectivity index (χ3v) is 5.25. The van der Waals surface area contributed by atoms with Gasteiger partial charge < -0.3 is 15.0 Å². The largest absolute Gasteiger partial charge is 0.466 e. The number of hydrogen-bond donors (Lipinski definition) is 1. The minimum Gasteiger partial charge on any atom is -0.466 e. The summed E-state index contributed by atoms with van der Waals surface area (Å²) in [6.07, 6.45) is 0. The fourth-order valence-corrected chi connectivity index (χ4v) is 3.54. The first kappa shape index (κ1) is 12.2. The van der Waals surface area contributed by atoms with E-state index in [-0.39, 0.29) is 6.04 Å². The predicted molar refractivity (Wildman–Crippen MR) is 78.6 cm³/mol. The number of nitrogens with one attached hydrogen (secondary N) is 1. The van der Waals surface area contributed by atoms with Gasteiger partial charge in [0, 0.05) is 18.5 Å². The van der Waals surface area contributed by atoms with Crippen LogP contribution in [0.5, 0.6) is 5.75 Å². The van der Waals surface area contributed by atoms with Gasteiger partial charge in [-0.1, -0.05) is 19.1 Å². The standard InChI is InChI=1S/C13H15BrN2OS/c1-7-10-8-5-4-6-9(14)11(8)17-13(7,2)16(3)12(18)15-10/h4-7,10H,1-3H3,(H,15,18). The van der Waals surface area contributed by atoms with Crippen molar-refractivity contribution in [3.8, 4) is 5.75 Å². The molecule has 0 spiro atoms. The minimum absolute atomic E-state index is 0.208. The van der Waals surface area contributed by atoms with E-state index in [0.29, 0.717) is 5.92 Å². The third kappa shape index (κ3) is 1.43. The normalized spacial score (nSPS) is 33.6. The molecule has 0 aromatic heterocycles. The molecule has 3 nitrogen and oxygen atoms in total. The van der Waals surface area contributed by atoms with Crippen molar-refractivity contribution < 1.29 is 4.74 Å². The molecule has 1 N–H and O–H groups in total. The molecule has 18 heavy (non-hydrogen) atoms. The van der Waals surface area contributed by atoms with Crippen LogP contribution in [-0.2, 0) is 0 Å². The SMILES string of the molecule is CC1C2NC(=S)N(C)C1(C)Oc1c(Br)cccc12. The van der Waals surface area contributed by atoms with Gasteiger partial charge in [-0.15, -0.1) is 0 Å². The van der Waals surface area contributed by atoms with Crippen LogP contribution in [0.4, 0.5) is 0 Å². The second-order valence-electron chi connectivity index (χ2n) is 5.09. The zero-order valence-electron chi connectivity index (χ0n) is 10.5. The summed E-state index contributed by atoms with van der Waals surface area (Å²) in [5.74, 6) is 1.24. The Labute approximate surface area is 121 Å². The second-order valence-corrected chi connectivity index (χ2v) is 6.33. The number of fused-ring (bicyclic) bond motifs is 4. The van der Waals surface area contributed by atoms with Gasteiger partial charge in [-0.05, 0) is 41.1 Å². The highest BCUT2D eigenvalue weighted by atomic mass is 79.9. The number of hydrogen-bond acceptors (Lipinski definition) is 2. The van der Waals surface area contributed by atoms with E-state index < -0.39 is 5.72 Å². The molecule has 1 aromatic carbocycles. The van der Waals surface area contributed by atoms with E-state index in [2.05, 4.69) is 41.2 Å². The number of benzene rings is 1. The van der Waals surface area contributed by atoms with Gasteiger partial charge in [0.25, 0.3) is 0 Å². The van der Waals surface area contributed by atoms with E-state index in [0.717, 1.165) is 15.3 Å². The molecular weight excluding hydrogens is 312 g/mol. The minimum atomic E-state index is -0.399. The first-order chi connectivity index (χ1) is 8.45. The van der Waals surface area contributed by atoms with E-state index in [1.54, 1.807) is 0 Å². The fourth-order valence-electron chi connectivity index (χ4n) is 2.76. The zero-order valence-corrected chi connectivity index (χ0v) is 12.9. The molecule has 0 radical (unpaired) electrons. The Balaban J connectivity index is 2.20. The summed E-state index contributed by atoms with van der Waals surface area (Å²) < 4.78 is 7.26. The monoisotopic (exact) mass is 326 g/mol. The van der Waals surface area contributed by atoms with Crippen LogP contribution < -0.4 is 10.1 Å². The molecule has 2 aliphatic heterocycles. The number of rotatable bonds is 0. The quantitative estimate of drug-likeness (QED) is 0.740. The van der Waals surface area contributed by atoms with Crippen molar-refractivity contribution in [1.29, 1.82) is 0 Å². The average molecular weight is 327 g/mol. The van der Waals surface area contributed by atoms with Crippen LogP contribution in [0.2, 0.25) is 0 Å². The number of nitrogens with zero attached hydrogens (tertiary/aromatic N) is 1. The molecular formula is C13H15BrN2OS. The highest BCUT2D eigenvalue weighted by Crippen LogP contribution is 2.49. The maximum absolute atomic E-state index is 6.27. The molecule has 5 heteroatoms. The number of halogens is 1. The van der Waals surface area contributed by atoms with E-state index in [1.807, 2.05) is 24.1 Å². The highest BCUT2D eigenvalue weighted by Gasteiger charge is 2.52. The molecule has 1 saturated heterocycles. The van der Waals surface area contributed by atoms with Crippen molar-refractivity contribution in [3.05, 3.63) is 28.2 Å². The molecule has 3 rings (SSSR count). The van der Waals surface area contributed by atoms with Crippen LogP contribution in [0.15, 0.2) is 22.7 Å². The first-order valence-corrected chi connectivity index (χ1v) is 7.17. The zero-order chi connectivity index (χ0) is 13.1. The Morgan fingerprint density at radius 2 is 2.22 bits per heavy atom. The maximum Gasteiger partial charge on any atom is 0.186 e. The first-order valence-electron chi connectivity index (χ1n) is 5.97. The topological polar surface area (TPSA) is 24.5 Å². The summed E-state index contributed by atoms with van der Waals surface area (Å²) in [6.45, 7) is 4.29. The van der Waals surface area contributed by atoms with Crippen LogP contribution in [0.1, 0.15) is 25.5 Å². The lowest BCUT2D eigenvalue weighted by atomic mass is 9.81. The average Bonchev–Trinajstić information content (AvgIpc) is 2.33. The molecule has 2 heterocycles. The van der Waals surface area contributed by atoms with Crippen LogP contribution in [-0.4, -0.2) is 22.8 Å². The number of thiocarbonyl (C=S) groups is 1. The molecule has 2 aliphatic rings. The molecule has 1 fully saturated rings. The van der Waals surface area contributed by atoms with Gasteiger partial charge in [0.1, 0.15) is 5.75 Å². The molecule has 0 aliphatic carbocycles. The molecule has 1 aromatic rings. The fraction of sp³-hybridized carbons (Fsp3) is 0.462. The molecule has 0 amide bonds. The lowest BCUT2D eigenvalue weighted by molar-refractivity contribution is -0.100. The molecule has 96 valence electrons. The summed E-state index contributed by atoms with van der Waals surface area (Å²) in [4.78, 5) is 2.01. The molecule has 3 unspecified atom stereocenters. The van der Waals surface area contributed by atoms with E-state index >= 15 is 0 Å². The lowest BCUT2D eigenvalue weighted by Crippen LogP contribution is -2.67. The second kappa shape index (κ2) is 3.84. The highest BCUT2D eigenvalue weighted by molar-refractivity contribution is 9.10.